The minimum absolute atomic E-state index is 0.0712. The summed E-state index contributed by atoms with van der Waals surface area (Å²) in [7, 11) is 4.88. The molecule has 1 saturated heterocycles. The molecule has 1 aromatic carbocycles. The summed E-state index contributed by atoms with van der Waals surface area (Å²) in [5, 5.41) is 15.2. The molecule has 1 N–H and O–H groups in total. The summed E-state index contributed by atoms with van der Waals surface area (Å²) in [5.74, 6) is -0.877. The van der Waals surface area contributed by atoms with Crippen molar-refractivity contribution in [3.05, 3.63) is 52.4 Å². The predicted octanol–water partition coefficient (Wildman–Crippen LogP) is 2.10. The second-order valence-electron chi connectivity index (χ2n) is 6.35. The Balaban J connectivity index is 2.21. The van der Waals surface area contributed by atoms with Crippen molar-refractivity contribution in [2.24, 2.45) is 7.05 Å². The second-order valence-corrected chi connectivity index (χ2v) is 6.35. The summed E-state index contributed by atoms with van der Waals surface area (Å²) in [6, 6.07) is 6.40. The number of ketones is 1. The number of methoxy groups -OCH3 is 1. The minimum Gasteiger partial charge on any atom is -0.507 e. The molecule has 3 rings (SSSR count). The number of aliphatic hydroxyl groups is 1. The van der Waals surface area contributed by atoms with Crippen LogP contribution in [0.15, 0.2) is 29.8 Å². The van der Waals surface area contributed by atoms with Crippen molar-refractivity contribution in [1.29, 1.82) is 0 Å². The fourth-order valence-electron chi connectivity index (χ4n) is 3.37. The van der Waals surface area contributed by atoms with Crippen LogP contribution in [0, 0.1) is 13.8 Å². The first-order valence-electron chi connectivity index (χ1n) is 8.17. The van der Waals surface area contributed by atoms with Gasteiger partial charge in [0, 0.05) is 19.8 Å². The maximum Gasteiger partial charge on any atom is 0.295 e. The van der Waals surface area contributed by atoms with Gasteiger partial charge < -0.3 is 14.7 Å². The molecule has 0 bridgehead atoms. The van der Waals surface area contributed by atoms with Gasteiger partial charge in [-0.2, -0.15) is 5.10 Å². The maximum atomic E-state index is 12.6. The summed E-state index contributed by atoms with van der Waals surface area (Å²) in [6.07, 6.45) is 0. The van der Waals surface area contributed by atoms with Crippen LogP contribution >= 0.6 is 0 Å². The van der Waals surface area contributed by atoms with Crippen LogP contribution in [0.2, 0.25) is 0 Å². The van der Waals surface area contributed by atoms with Crippen LogP contribution in [0.25, 0.3) is 5.76 Å². The van der Waals surface area contributed by atoms with Crippen LogP contribution in [-0.4, -0.2) is 45.6 Å². The summed E-state index contributed by atoms with van der Waals surface area (Å²) in [6.45, 7) is 3.56. The van der Waals surface area contributed by atoms with E-state index in [0.717, 1.165) is 5.69 Å². The van der Waals surface area contributed by atoms with Crippen molar-refractivity contribution in [1.82, 2.24) is 14.7 Å². The standard InChI is InChI=1S/C19H21N3O4/c1-10-14(11(2)22(4)20-10)17(23)15-16(21(3)19(25)18(15)24)12-6-8-13(26-5)9-7-12/h6-9,16,23H,1-5H3/b17-15+. The average molecular weight is 355 g/mol. The number of ether oxygens (including phenoxy) is 1. The van der Waals surface area contributed by atoms with E-state index in [4.69, 9.17) is 4.74 Å². The zero-order chi connectivity index (χ0) is 19.2. The number of hydrogen-bond donors (Lipinski definition) is 1. The Morgan fingerprint density at radius 3 is 2.27 bits per heavy atom. The molecule has 2 heterocycles. The van der Waals surface area contributed by atoms with Gasteiger partial charge in [-0.15, -0.1) is 0 Å². The molecule has 1 fully saturated rings. The van der Waals surface area contributed by atoms with E-state index < -0.39 is 17.7 Å². The van der Waals surface area contributed by atoms with Gasteiger partial charge in [0.1, 0.15) is 11.5 Å². The Kier molecular flexibility index (Phi) is 4.31. The third kappa shape index (κ3) is 2.56. The number of Topliss-reactive ketones (excluding diaryl/α,β-unsaturated/α-hetero) is 1. The van der Waals surface area contributed by atoms with E-state index in [1.165, 1.54) is 4.90 Å². The molecule has 0 aliphatic carbocycles. The molecule has 26 heavy (non-hydrogen) atoms. The van der Waals surface area contributed by atoms with E-state index >= 15 is 0 Å². The van der Waals surface area contributed by atoms with E-state index in [1.807, 2.05) is 0 Å². The van der Waals surface area contributed by atoms with Crippen LogP contribution in [0.3, 0.4) is 0 Å². The van der Waals surface area contributed by atoms with Crippen LogP contribution in [-0.2, 0) is 16.6 Å². The number of carbonyl (C=O) groups is 2. The van der Waals surface area contributed by atoms with Crippen molar-refractivity contribution >= 4 is 17.4 Å². The number of benzene rings is 1. The molecule has 1 aliphatic rings. The molecule has 1 aliphatic heterocycles. The van der Waals surface area contributed by atoms with Gasteiger partial charge in [-0.3, -0.25) is 14.3 Å². The zero-order valence-corrected chi connectivity index (χ0v) is 15.4. The average Bonchev–Trinajstić information content (AvgIpc) is 3.01. The second kappa shape index (κ2) is 6.33. The third-order valence-corrected chi connectivity index (χ3v) is 4.85. The Morgan fingerprint density at radius 1 is 1.15 bits per heavy atom. The van der Waals surface area contributed by atoms with Gasteiger partial charge in [-0.1, -0.05) is 12.1 Å². The van der Waals surface area contributed by atoms with Crippen LogP contribution in [0.5, 0.6) is 5.75 Å². The van der Waals surface area contributed by atoms with Gasteiger partial charge in [-0.05, 0) is 31.5 Å². The Bertz CT molecular complexity index is 925. The van der Waals surface area contributed by atoms with Gasteiger partial charge in [-0.25, -0.2) is 0 Å². The van der Waals surface area contributed by atoms with Crippen molar-refractivity contribution in [2.45, 2.75) is 19.9 Å². The lowest BCUT2D eigenvalue weighted by molar-refractivity contribution is -0.139. The fraction of sp³-hybridized carbons (Fsp3) is 0.316. The lowest BCUT2D eigenvalue weighted by Gasteiger charge is -2.21. The van der Waals surface area contributed by atoms with E-state index in [1.54, 1.807) is 64.0 Å². The molecule has 7 heteroatoms. The number of rotatable bonds is 3. The predicted molar refractivity (Wildman–Crippen MR) is 95.7 cm³/mol. The van der Waals surface area contributed by atoms with Crippen molar-refractivity contribution in [3.8, 4) is 5.75 Å². The molecular weight excluding hydrogens is 334 g/mol. The molecule has 1 unspecified atom stereocenters. The number of hydrogen-bond acceptors (Lipinski definition) is 5. The molecule has 0 radical (unpaired) electrons. The van der Waals surface area contributed by atoms with Gasteiger partial charge in [0.25, 0.3) is 11.7 Å². The molecule has 136 valence electrons. The van der Waals surface area contributed by atoms with Crippen molar-refractivity contribution < 1.29 is 19.4 Å². The molecular formula is C19H21N3O4. The number of nitrogens with zero attached hydrogens (tertiary/aromatic N) is 3. The largest absolute Gasteiger partial charge is 0.507 e. The highest BCUT2D eigenvalue weighted by Gasteiger charge is 2.44. The molecule has 0 saturated carbocycles. The van der Waals surface area contributed by atoms with Crippen LogP contribution in [0.4, 0.5) is 0 Å². The van der Waals surface area contributed by atoms with Gasteiger partial charge >= 0.3 is 0 Å². The van der Waals surface area contributed by atoms with Crippen LogP contribution in [0.1, 0.15) is 28.6 Å². The highest BCUT2D eigenvalue weighted by molar-refractivity contribution is 6.46. The first-order chi connectivity index (χ1) is 12.3. The van der Waals surface area contributed by atoms with Gasteiger partial charge in [0.15, 0.2) is 0 Å². The highest BCUT2D eigenvalue weighted by atomic mass is 16.5. The van der Waals surface area contributed by atoms with Crippen LogP contribution < -0.4 is 4.74 Å². The Hall–Kier alpha value is -3.09. The monoisotopic (exact) mass is 355 g/mol. The smallest absolute Gasteiger partial charge is 0.295 e. The Labute approximate surface area is 151 Å². The highest BCUT2D eigenvalue weighted by Crippen LogP contribution is 2.39. The fourth-order valence-corrected chi connectivity index (χ4v) is 3.37. The maximum absolute atomic E-state index is 12.6. The summed E-state index contributed by atoms with van der Waals surface area (Å²) in [5.41, 5.74) is 2.58. The number of amides is 1. The SMILES string of the molecule is COc1ccc(C2/C(=C(\O)c3c(C)nn(C)c3C)C(=O)C(=O)N2C)cc1. The van der Waals surface area contributed by atoms with Crippen molar-refractivity contribution in [2.75, 3.05) is 14.2 Å². The first-order valence-corrected chi connectivity index (χ1v) is 8.17. The van der Waals surface area contributed by atoms with E-state index in [-0.39, 0.29) is 11.3 Å². The first kappa shape index (κ1) is 17.7. The normalized spacial score (nSPS) is 19.3. The molecule has 2 aromatic rings. The molecule has 0 spiro atoms. The quantitative estimate of drug-likeness (QED) is 0.518. The molecule has 7 nitrogen and oxygen atoms in total. The number of aryl methyl sites for hydroxylation is 2. The molecule has 1 atom stereocenters. The summed E-state index contributed by atoms with van der Waals surface area (Å²) >= 11 is 0. The minimum atomic E-state index is -0.700. The van der Waals surface area contributed by atoms with E-state index in [0.29, 0.717) is 22.6 Å². The van der Waals surface area contributed by atoms with Gasteiger partial charge in [0.05, 0.1) is 30.0 Å². The number of aliphatic hydroxyl groups excluding tert-OH is 1. The number of likely N-dealkylation sites (tertiary alicyclic amines) is 1. The Morgan fingerprint density at radius 2 is 1.77 bits per heavy atom. The summed E-state index contributed by atoms with van der Waals surface area (Å²) < 4.78 is 6.79. The number of carbonyl (C=O) groups excluding carboxylic acids is 2. The van der Waals surface area contributed by atoms with E-state index in [2.05, 4.69) is 5.10 Å². The number of aromatic nitrogens is 2. The lowest BCUT2D eigenvalue weighted by Crippen LogP contribution is -2.24. The van der Waals surface area contributed by atoms with E-state index in [9.17, 15) is 14.7 Å². The third-order valence-electron chi connectivity index (χ3n) is 4.85. The lowest BCUT2D eigenvalue weighted by atomic mass is 9.95. The number of likely N-dealkylation sites (N-methyl/N-ethyl adjacent to an activating group) is 1. The zero-order valence-electron chi connectivity index (χ0n) is 15.4. The van der Waals surface area contributed by atoms with Crippen molar-refractivity contribution in [3.63, 3.8) is 0 Å². The van der Waals surface area contributed by atoms with Gasteiger partial charge in [0.2, 0.25) is 0 Å². The molecule has 1 aromatic heterocycles. The topological polar surface area (TPSA) is 84.7 Å². The summed E-state index contributed by atoms with van der Waals surface area (Å²) in [4.78, 5) is 26.3. The molecule has 1 amide bonds.